The van der Waals surface area contributed by atoms with Gasteiger partial charge in [0, 0.05) is 17.3 Å². The summed E-state index contributed by atoms with van der Waals surface area (Å²) in [4.78, 5) is 24.6. The maximum Gasteiger partial charge on any atom is 0.291 e. The molecule has 0 aliphatic heterocycles. The van der Waals surface area contributed by atoms with Crippen LogP contribution in [-0.2, 0) is 20.4 Å². The number of hydrogen-bond donors (Lipinski definition) is 2. The first-order valence-electron chi connectivity index (χ1n) is 9.49. The van der Waals surface area contributed by atoms with E-state index in [0.717, 1.165) is 12.8 Å². The molecule has 154 valence electrons. The molecule has 30 heavy (non-hydrogen) atoms. The van der Waals surface area contributed by atoms with E-state index in [1.165, 1.54) is 24.3 Å². The molecule has 8 heteroatoms. The van der Waals surface area contributed by atoms with E-state index in [4.69, 9.17) is 4.42 Å². The van der Waals surface area contributed by atoms with Crippen LogP contribution in [0.15, 0.2) is 76.0 Å². The van der Waals surface area contributed by atoms with Crippen molar-refractivity contribution in [2.24, 2.45) is 5.92 Å². The fraction of sp³-hybridized carbons (Fsp3) is 0.182. The molecule has 0 spiro atoms. The summed E-state index contributed by atoms with van der Waals surface area (Å²) in [5.74, 6) is -0.614. The third kappa shape index (κ3) is 4.77. The number of hydrogen-bond acceptors (Lipinski definition) is 5. The number of anilines is 2. The zero-order valence-corrected chi connectivity index (χ0v) is 16.8. The molecule has 3 aromatic rings. The van der Waals surface area contributed by atoms with Crippen molar-refractivity contribution in [3.05, 3.63) is 78.3 Å². The number of benzene rings is 2. The first-order chi connectivity index (χ1) is 14.4. The highest BCUT2D eigenvalue weighted by molar-refractivity contribution is 7.90. The van der Waals surface area contributed by atoms with Gasteiger partial charge in [-0.15, -0.1) is 0 Å². The van der Waals surface area contributed by atoms with Crippen LogP contribution in [0.25, 0.3) is 0 Å². The Bertz CT molecular complexity index is 1180. The Hall–Kier alpha value is -3.39. The van der Waals surface area contributed by atoms with Crippen LogP contribution in [0.2, 0.25) is 0 Å². The van der Waals surface area contributed by atoms with Crippen LogP contribution in [0.1, 0.15) is 29.2 Å². The smallest absolute Gasteiger partial charge is 0.291 e. The van der Waals surface area contributed by atoms with Gasteiger partial charge in [-0.25, -0.2) is 8.42 Å². The number of nitrogens with one attached hydrogen (secondary N) is 2. The molecule has 0 unspecified atom stereocenters. The Balaban J connectivity index is 1.41. The van der Waals surface area contributed by atoms with E-state index in [-0.39, 0.29) is 34.0 Å². The van der Waals surface area contributed by atoms with Gasteiger partial charge in [0.25, 0.3) is 5.91 Å². The van der Waals surface area contributed by atoms with E-state index in [9.17, 15) is 18.0 Å². The van der Waals surface area contributed by atoms with E-state index >= 15 is 0 Å². The summed E-state index contributed by atoms with van der Waals surface area (Å²) in [5.41, 5.74) is 1.09. The minimum absolute atomic E-state index is 0.000630. The Morgan fingerprint density at radius 1 is 0.900 bits per heavy atom. The van der Waals surface area contributed by atoms with Crippen LogP contribution in [-0.4, -0.2) is 20.2 Å². The molecule has 2 aromatic carbocycles. The van der Waals surface area contributed by atoms with Crippen LogP contribution in [0, 0.1) is 5.92 Å². The van der Waals surface area contributed by atoms with Crippen LogP contribution in [0.4, 0.5) is 11.4 Å². The van der Waals surface area contributed by atoms with Crippen LogP contribution in [0.5, 0.6) is 0 Å². The van der Waals surface area contributed by atoms with Gasteiger partial charge in [-0.1, -0.05) is 24.3 Å². The Morgan fingerprint density at radius 2 is 1.60 bits per heavy atom. The van der Waals surface area contributed by atoms with Gasteiger partial charge in [0.15, 0.2) is 15.6 Å². The lowest BCUT2D eigenvalue weighted by molar-refractivity contribution is -0.117. The quantitative estimate of drug-likeness (QED) is 0.599. The number of sulfone groups is 1. The Kier molecular flexibility index (Phi) is 5.41. The molecule has 1 fully saturated rings. The number of amides is 2. The molecular weight excluding hydrogens is 404 g/mol. The van der Waals surface area contributed by atoms with Crippen molar-refractivity contribution >= 4 is 33.0 Å². The molecule has 2 amide bonds. The molecule has 1 aliphatic rings. The molecule has 0 bridgehead atoms. The van der Waals surface area contributed by atoms with Gasteiger partial charge in [-0.2, -0.15) is 0 Å². The maximum absolute atomic E-state index is 12.5. The van der Waals surface area contributed by atoms with Crippen molar-refractivity contribution in [3.8, 4) is 0 Å². The molecule has 7 nitrogen and oxygen atoms in total. The molecular formula is C22H20N2O5S. The molecule has 1 aromatic heterocycles. The Morgan fingerprint density at radius 3 is 2.30 bits per heavy atom. The number of carbonyl (C=O) groups excluding carboxylic acids is 2. The monoisotopic (exact) mass is 424 g/mol. The first-order valence-corrected chi connectivity index (χ1v) is 11.1. The molecule has 1 heterocycles. The summed E-state index contributed by atoms with van der Waals surface area (Å²) >= 11 is 0. The van der Waals surface area contributed by atoms with Gasteiger partial charge in [-0.3, -0.25) is 9.59 Å². The third-order valence-corrected chi connectivity index (χ3v) is 6.31. The van der Waals surface area contributed by atoms with E-state index in [1.54, 1.807) is 42.5 Å². The summed E-state index contributed by atoms with van der Waals surface area (Å²) < 4.78 is 30.4. The molecule has 0 atom stereocenters. The standard InChI is InChI=1S/C22H20N2O5S/c25-21(15-9-10-15)23-16-5-4-6-17(13-16)24-22(26)20-12-11-18(29-20)14-30(27,28)19-7-2-1-3-8-19/h1-8,11-13,15H,9-10,14H2,(H,23,25)(H,24,26). The summed E-state index contributed by atoms with van der Waals surface area (Å²) in [7, 11) is -3.57. The lowest BCUT2D eigenvalue weighted by atomic mass is 10.2. The van der Waals surface area contributed by atoms with Crippen LogP contribution < -0.4 is 10.6 Å². The van der Waals surface area contributed by atoms with Crippen molar-refractivity contribution in [3.63, 3.8) is 0 Å². The molecule has 0 radical (unpaired) electrons. The summed E-state index contributed by atoms with van der Waals surface area (Å²) in [5, 5.41) is 5.51. The molecule has 1 aliphatic carbocycles. The van der Waals surface area contributed by atoms with E-state index in [2.05, 4.69) is 10.6 Å². The van der Waals surface area contributed by atoms with Gasteiger partial charge in [0.05, 0.1) is 4.90 Å². The van der Waals surface area contributed by atoms with Crippen molar-refractivity contribution in [1.29, 1.82) is 0 Å². The average molecular weight is 424 g/mol. The highest BCUT2D eigenvalue weighted by Crippen LogP contribution is 2.30. The van der Waals surface area contributed by atoms with Crippen molar-refractivity contribution in [1.82, 2.24) is 0 Å². The highest BCUT2D eigenvalue weighted by atomic mass is 32.2. The Labute approximate surface area is 174 Å². The molecule has 0 saturated heterocycles. The molecule has 4 rings (SSSR count). The second kappa shape index (κ2) is 8.16. The molecule has 2 N–H and O–H groups in total. The van der Waals surface area contributed by atoms with E-state index in [0.29, 0.717) is 11.4 Å². The average Bonchev–Trinajstić information content (AvgIpc) is 3.48. The lowest BCUT2D eigenvalue weighted by Gasteiger charge is -2.08. The number of furan rings is 1. The molecule has 1 saturated carbocycles. The minimum Gasteiger partial charge on any atom is -0.455 e. The number of rotatable bonds is 7. The van der Waals surface area contributed by atoms with Gasteiger partial charge in [-0.05, 0) is 55.3 Å². The largest absolute Gasteiger partial charge is 0.455 e. The van der Waals surface area contributed by atoms with Gasteiger partial charge in [0.1, 0.15) is 11.5 Å². The van der Waals surface area contributed by atoms with Gasteiger partial charge >= 0.3 is 0 Å². The van der Waals surface area contributed by atoms with Crippen LogP contribution >= 0.6 is 0 Å². The predicted molar refractivity (Wildman–Crippen MR) is 112 cm³/mol. The normalized spacial score (nSPS) is 13.6. The highest BCUT2D eigenvalue weighted by Gasteiger charge is 2.29. The van der Waals surface area contributed by atoms with Gasteiger partial charge < -0.3 is 15.1 Å². The summed E-state index contributed by atoms with van der Waals surface area (Å²) in [6.45, 7) is 0. The predicted octanol–water partition coefficient (Wildman–Crippen LogP) is 3.85. The zero-order chi connectivity index (χ0) is 21.1. The maximum atomic E-state index is 12.5. The number of carbonyl (C=O) groups is 2. The third-order valence-electron chi connectivity index (χ3n) is 4.66. The van der Waals surface area contributed by atoms with Crippen molar-refractivity contribution in [2.45, 2.75) is 23.5 Å². The van der Waals surface area contributed by atoms with Gasteiger partial charge in [0.2, 0.25) is 5.91 Å². The summed E-state index contributed by atoms with van der Waals surface area (Å²) in [6.07, 6.45) is 1.81. The SMILES string of the molecule is O=C(Nc1cccc(NC(=O)C2CC2)c1)c1ccc(CS(=O)(=O)c2ccccc2)o1. The van der Waals surface area contributed by atoms with E-state index < -0.39 is 15.7 Å². The summed E-state index contributed by atoms with van der Waals surface area (Å²) in [6, 6.07) is 17.8. The fourth-order valence-corrected chi connectivity index (χ4v) is 4.20. The fourth-order valence-electron chi connectivity index (χ4n) is 2.93. The second-order valence-corrected chi connectivity index (χ2v) is 9.13. The van der Waals surface area contributed by atoms with Crippen LogP contribution in [0.3, 0.4) is 0 Å². The van der Waals surface area contributed by atoms with E-state index in [1.807, 2.05) is 0 Å². The second-order valence-electron chi connectivity index (χ2n) is 7.14. The lowest BCUT2D eigenvalue weighted by Crippen LogP contribution is -2.14. The van der Waals surface area contributed by atoms with Crippen molar-refractivity contribution < 1.29 is 22.4 Å². The topological polar surface area (TPSA) is 105 Å². The van der Waals surface area contributed by atoms with Crippen molar-refractivity contribution in [2.75, 3.05) is 10.6 Å². The minimum atomic E-state index is -3.57. The first kappa shape index (κ1) is 19.9. The zero-order valence-electron chi connectivity index (χ0n) is 16.0.